The summed E-state index contributed by atoms with van der Waals surface area (Å²) in [6, 6.07) is 4.16. The lowest BCUT2D eigenvalue weighted by Crippen LogP contribution is -2.21. The molecule has 0 radical (unpaired) electrons. The summed E-state index contributed by atoms with van der Waals surface area (Å²) in [5.74, 6) is -0.493. The number of nitrogens with zero attached hydrogens (tertiary/aromatic N) is 3. The van der Waals surface area contributed by atoms with Gasteiger partial charge in [-0.25, -0.2) is 0 Å². The Bertz CT molecular complexity index is 1020. The lowest BCUT2D eigenvalue weighted by molar-refractivity contribution is -0.385. The fraction of sp³-hybridized carbons (Fsp3) is 0.357. The highest BCUT2D eigenvalue weighted by atomic mass is 32.2. The molecule has 1 aromatic heterocycles. The van der Waals surface area contributed by atoms with E-state index in [9.17, 15) is 31.7 Å². The fourth-order valence-corrected chi connectivity index (χ4v) is 4.60. The van der Waals surface area contributed by atoms with Crippen LogP contribution in [0.15, 0.2) is 33.6 Å². The topological polar surface area (TPSA) is 94.6 Å². The van der Waals surface area contributed by atoms with E-state index in [1.165, 1.54) is 0 Å². The number of alkyl halides is 3. The fourth-order valence-electron chi connectivity index (χ4n) is 2.19. The Morgan fingerprint density at radius 1 is 1.31 bits per heavy atom. The highest BCUT2D eigenvalue weighted by Crippen LogP contribution is 2.36. The molecule has 0 saturated heterocycles. The van der Waals surface area contributed by atoms with Crippen LogP contribution in [-0.2, 0) is 23.2 Å². The summed E-state index contributed by atoms with van der Waals surface area (Å²) in [6.07, 6.45) is -4.67. The van der Waals surface area contributed by atoms with Crippen molar-refractivity contribution in [1.29, 1.82) is 0 Å². The van der Waals surface area contributed by atoms with Crippen LogP contribution in [0.5, 0.6) is 0 Å². The standard InChI is InChI=1S/C14H14F3N3O4S2/c1-8(2)11-12(14(15,16)17)19(3)13(25-11)18-26(23,24)10-6-4-5-9(7-10)20(21)22/h4-8H,1-3H3/b18-13-. The van der Waals surface area contributed by atoms with E-state index in [4.69, 9.17) is 0 Å². The first-order chi connectivity index (χ1) is 11.8. The highest BCUT2D eigenvalue weighted by Gasteiger charge is 2.38. The molecule has 2 aromatic rings. The summed E-state index contributed by atoms with van der Waals surface area (Å²) in [6.45, 7) is 3.11. The van der Waals surface area contributed by atoms with Crippen LogP contribution in [0.2, 0.25) is 0 Å². The Hall–Kier alpha value is -2.21. The van der Waals surface area contributed by atoms with Crippen LogP contribution < -0.4 is 4.80 Å². The maximum absolute atomic E-state index is 13.3. The van der Waals surface area contributed by atoms with Crippen molar-refractivity contribution < 1.29 is 26.5 Å². The van der Waals surface area contributed by atoms with Gasteiger partial charge in [0.05, 0.1) is 9.82 Å². The number of halogens is 3. The molecule has 26 heavy (non-hydrogen) atoms. The molecule has 0 spiro atoms. The number of rotatable bonds is 4. The van der Waals surface area contributed by atoms with Gasteiger partial charge >= 0.3 is 6.18 Å². The van der Waals surface area contributed by atoms with Gasteiger partial charge < -0.3 is 4.57 Å². The average Bonchev–Trinajstić information content (AvgIpc) is 2.84. The van der Waals surface area contributed by atoms with Crippen molar-refractivity contribution in [3.05, 3.63) is 49.8 Å². The van der Waals surface area contributed by atoms with Gasteiger partial charge in [-0.1, -0.05) is 19.9 Å². The number of benzene rings is 1. The van der Waals surface area contributed by atoms with E-state index < -0.39 is 43.3 Å². The predicted molar refractivity (Wildman–Crippen MR) is 88.2 cm³/mol. The van der Waals surface area contributed by atoms with Gasteiger partial charge in [0.2, 0.25) is 4.80 Å². The molecular weight excluding hydrogens is 395 g/mol. The van der Waals surface area contributed by atoms with E-state index in [0.717, 1.165) is 31.3 Å². The molecule has 0 fully saturated rings. The number of nitro benzene ring substituents is 1. The smallest absolute Gasteiger partial charge is 0.315 e. The Morgan fingerprint density at radius 3 is 2.38 bits per heavy atom. The van der Waals surface area contributed by atoms with E-state index in [-0.39, 0.29) is 9.68 Å². The summed E-state index contributed by atoms with van der Waals surface area (Å²) in [5.41, 5.74) is -1.43. The van der Waals surface area contributed by atoms with Crippen LogP contribution in [0.25, 0.3) is 0 Å². The molecule has 0 amide bonds. The van der Waals surface area contributed by atoms with Crippen LogP contribution in [0.3, 0.4) is 0 Å². The molecule has 0 aliphatic carbocycles. The number of non-ortho nitro benzene ring substituents is 1. The molecule has 0 aliphatic heterocycles. The van der Waals surface area contributed by atoms with E-state index in [2.05, 4.69) is 4.40 Å². The Kier molecular flexibility index (Phi) is 5.29. The predicted octanol–water partition coefficient (Wildman–Crippen LogP) is 3.43. The quantitative estimate of drug-likeness (QED) is 0.571. The molecule has 0 bridgehead atoms. The van der Waals surface area contributed by atoms with Gasteiger partial charge in [0.25, 0.3) is 15.7 Å². The number of sulfonamides is 1. The largest absolute Gasteiger partial charge is 0.432 e. The van der Waals surface area contributed by atoms with E-state index in [1.807, 2.05) is 0 Å². The van der Waals surface area contributed by atoms with Crippen molar-refractivity contribution in [2.24, 2.45) is 11.4 Å². The molecule has 0 N–H and O–H groups in total. The normalized spacial score (nSPS) is 13.4. The van der Waals surface area contributed by atoms with Crippen LogP contribution in [0.4, 0.5) is 18.9 Å². The number of nitro groups is 1. The van der Waals surface area contributed by atoms with Gasteiger partial charge in [0, 0.05) is 24.1 Å². The third-order valence-electron chi connectivity index (χ3n) is 3.37. The molecule has 0 atom stereocenters. The average molecular weight is 409 g/mol. The first kappa shape index (κ1) is 20.1. The Balaban J connectivity index is 2.70. The van der Waals surface area contributed by atoms with Gasteiger partial charge in [-0.05, 0) is 12.0 Å². The Morgan fingerprint density at radius 2 is 1.92 bits per heavy atom. The van der Waals surface area contributed by atoms with E-state index >= 15 is 0 Å². The van der Waals surface area contributed by atoms with Crippen LogP contribution in [-0.4, -0.2) is 17.9 Å². The summed E-state index contributed by atoms with van der Waals surface area (Å²) < 4.78 is 68.8. The Labute approximate surface area is 150 Å². The van der Waals surface area contributed by atoms with Gasteiger partial charge in [-0.2, -0.15) is 21.6 Å². The van der Waals surface area contributed by atoms with Gasteiger partial charge in [0.1, 0.15) is 5.69 Å². The number of hydrogen-bond donors (Lipinski definition) is 0. The third-order valence-corrected chi connectivity index (χ3v) is 6.19. The van der Waals surface area contributed by atoms with Crippen molar-refractivity contribution in [3.63, 3.8) is 0 Å². The maximum Gasteiger partial charge on any atom is 0.432 e. The zero-order valence-electron chi connectivity index (χ0n) is 13.8. The van der Waals surface area contributed by atoms with Crippen molar-refractivity contribution in [1.82, 2.24) is 4.57 Å². The molecule has 0 unspecified atom stereocenters. The molecule has 1 heterocycles. The first-order valence-corrected chi connectivity index (χ1v) is 9.42. The monoisotopic (exact) mass is 409 g/mol. The molecule has 142 valence electrons. The lowest BCUT2D eigenvalue weighted by Gasteiger charge is -2.11. The van der Waals surface area contributed by atoms with Crippen molar-refractivity contribution in [2.45, 2.75) is 30.8 Å². The molecule has 2 rings (SSSR count). The molecule has 0 saturated carbocycles. The lowest BCUT2D eigenvalue weighted by atomic mass is 10.1. The minimum atomic E-state index is -4.67. The SMILES string of the molecule is CC(C)c1s/c(=N\S(=O)(=O)c2cccc([N+](=O)[O-])c2)n(C)c1C(F)(F)F. The molecule has 12 heteroatoms. The van der Waals surface area contributed by atoms with Gasteiger partial charge in [-0.3, -0.25) is 10.1 Å². The highest BCUT2D eigenvalue weighted by molar-refractivity contribution is 7.90. The van der Waals surface area contributed by atoms with Gasteiger partial charge in [0.15, 0.2) is 0 Å². The zero-order valence-corrected chi connectivity index (χ0v) is 15.4. The second-order valence-electron chi connectivity index (χ2n) is 5.63. The van der Waals surface area contributed by atoms with Gasteiger partial charge in [-0.15, -0.1) is 15.7 Å². The van der Waals surface area contributed by atoms with E-state index in [1.54, 1.807) is 13.8 Å². The first-order valence-electron chi connectivity index (χ1n) is 7.17. The summed E-state index contributed by atoms with van der Waals surface area (Å²) in [5, 5.41) is 10.8. The zero-order chi connectivity index (χ0) is 19.9. The maximum atomic E-state index is 13.3. The van der Waals surface area contributed by atoms with Crippen LogP contribution >= 0.6 is 11.3 Å². The van der Waals surface area contributed by atoms with Crippen molar-refractivity contribution >= 4 is 27.0 Å². The summed E-state index contributed by atoms with van der Waals surface area (Å²) in [7, 11) is -3.35. The molecule has 1 aromatic carbocycles. The second kappa shape index (κ2) is 6.83. The number of thiazole rings is 1. The molecule has 7 nitrogen and oxygen atoms in total. The van der Waals surface area contributed by atoms with Crippen LogP contribution in [0, 0.1) is 10.1 Å². The number of aromatic nitrogens is 1. The van der Waals surface area contributed by atoms with Crippen molar-refractivity contribution in [3.8, 4) is 0 Å². The van der Waals surface area contributed by atoms with Crippen LogP contribution in [0.1, 0.15) is 30.3 Å². The minimum absolute atomic E-state index is 0.0482. The van der Waals surface area contributed by atoms with E-state index in [0.29, 0.717) is 15.9 Å². The summed E-state index contributed by atoms with van der Waals surface area (Å²) >= 11 is 0.616. The van der Waals surface area contributed by atoms with Crippen molar-refractivity contribution in [2.75, 3.05) is 0 Å². The third kappa shape index (κ3) is 3.96. The molecular formula is C14H14F3N3O4S2. The summed E-state index contributed by atoms with van der Waals surface area (Å²) in [4.78, 5) is 9.12. The molecule has 0 aliphatic rings. The number of hydrogen-bond acceptors (Lipinski definition) is 5. The minimum Gasteiger partial charge on any atom is -0.315 e. The second-order valence-corrected chi connectivity index (χ2v) is 8.24.